The molecule has 0 bridgehead atoms. The number of imide groups is 1. The minimum absolute atomic E-state index is 0.236. The molecule has 1 heterocycles. The molecule has 0 saturated carbocycles. The first-order chi connectivity index (χ1) is 7.25. The van der Waals surface area contributed by atoms with Crippen molar-refractivity contribution in [3.8, 4) is 0 Å². The van der Waals surface area contributed by atoms with E-state index in [0.29, 0.717) is 11.1 Å². The van der Waals surface area contributed by atoms with E-state index in [1.807, 2.05) is 6.92 Å². The minimum Gasteiger partial charge on any atom is -0.268 e. The van der Waals surface area contributed by atoms with Gasteiger partial charge in [-0.2, -0.15) is 0 Å². The molecule has 0 aliphatic carbocycles. The van der Waals surface area contributed by atoms with Gasteiger partial charge in [0.15, 0.2) is 0 Å². The summed E-state index contributed by atoms with van der Waals surface area (Å²) in [5.41, 5.74) is 0.978. The zero-order chi connectivity index (χ0) is 10.8. The summed E-state index contributed by atoms with van der Waals surface area (Å²) in [7, 11) is 0. The third-order valence-electron chi connectivity index (χ3n) is 2.32. The van der Waals surface area contributed by atoms with Crippen molar-refractivity contribution in [3.63, 3.8) is 0 Å². The van der Waals surface area contributed by atoms with E-state index in [0.717, 1.165) is 11.3 Å². The number of carbonyl (C=O) groups is 2. The van der Waals surface area contributed by atoms with Crippen molar-refractivity contribution in [2.24, 2.45) is 0 Å². The van der Waals surface area contributed by atoms with E-state index >= 15 is 0 Å². The Morgan fingerprint density at radius 2 is 1.67 bits per heavy atom. The second kappa shape index (κ2) is 3.69. The van der Waals surface area contributed by atoms with Gasteiger partial charge in [-0.1, -0.05) is 25.1 Å². The van der Waals surface area contributed by atoms with Gasteiger partial charge >= 0.3 is 0 Å². The van der Waals surface area contributed by atoms with E-state index in [9.17, 15) is 9.59 Å². The van der Waals surface area contributed by atoms with Gasteiger partial charge in [-0.3, -0.25) is 9.59 Å². The van der Waals surface area contributed by atoms with Crippen molar-refractivity contribution in [3.05, 3.63) is 47.7 Å². The second-order valence-electron chi connectivity index (χ2n) is 3.32. The molecule has 0 atom stereocenters. The summed E-state index contributed by atoms with van der Waals surface area (Å²) in [4.78, 5) is 24.7. The van der Waals surface area contributed by atoms with Gasteiger partial charge in [0, 0.05) is 6.20 Å². The first-order valence-corrected chi connectivity index (χ1v) is 4.89. The van der Waals surface area contributed by atoms with Crippen LogP contribution in [0.5, 0.6) is 0 Å². The SMILES string of the molecule is CC/C=C/N1C(=O)c2ccccc2C1=O. The van der Waals surface area contributed by atoms with Crippen LogP contribution in [0.2, 0.25) is 0 Å². The quantitative estimate of drug-likeness (QED) is 0.688. The number of allylic oxidation sites excluding steroid dienone is 1. The zero-order valence-electron chi connectivity index (χ0n) is 8.43. The van der Waals surface area contributed by atoms with Crippen LogP contribution in [0.3, 0.4) is 0 Å². The summed E-state index contributed by atoms with van der Waals surface area (Å²) >= 11 is 0. The third kappa shape index (κ3) is 1.46. The predicted molar refractivity (Wildman–Crippen MR) is 56.4 cm³/mol. The topological polar surface area (TPSA) is 37.4 Å². The van der Waals surface area contributed by atoms with Crippen molar-refractivity contribution >= 4 is 11.8 Å². The highest BCUT2D eigenvalue weighted by Gasteiger charge is 2.33. The maximum atomic E-state index is 11.8. The van der Waals surface area contributed by atoms with Crippen molar-refractivity contribution in [1.82, 2.24) is 4.90 Å². The first kappa shape index (κ1) is 9.65. The fourth-order valence-electron chi connectivity index (χ4n) is 1.55. The largest absolute Gasteiger partial charge is 0.268 e. The van der Waals surface area contributed by atoms with Gasteiger partial charge in [0.2, 0.25) is 0 Å². The molecule has 0 radical (unpaired) electrons. The van der Waals surface area contributed by atoms with Crippen LogP contribution in [0.15, 0.2) is 36.5 Å². The molecule has 1 aliphatic rings. The molecule has 2 amide bonds. The van der Waals surface area contributed by atoms with Crippen LogP contribution in [0.25, 0.3) is 0 Å². The van der Waals surface area contributed by atoms with Crippen LogP contribution in [0.1, 0.15) is 34.1 Å². The van der Waals surface area contributed by atoms with E-state index in [2.05, 4.69) is 0 Å². The number of fused-ring (bicyclic) bond motifs is 1. The Kier molecular flexibility index (Phi) is 2.37. The van der Waals surface area contributed by atoms with Crippen LogP contribution >= 0.6 is 0 Å². The lowest BCUT2D eigenvalue weighted by atomic mass is 10.1. The molecule has 15 heavy (non-hydrogen) atoms. The Morgan fingerprint density at radius 3 is 2.13 bits per heavy atom. The number of hydrogen-bond acceptors (Lipinski definition) is 2. The van der Waals surface area contributed by atoms with Crippen LogP contribution < -0.4 is 0 Å². The van der Waals surface area contributed by atoms with Crippen LogP contribution in [0.4, 0.5) is 0 Å². The summed E-state index contributed by atoms with van der Waals surface area (Å²) in [6.45, 7) is 1.95. The number of hydrogen-bond donors (Lipinski definition) is 0. The van der Waals surface area contributed by atoms with Crippen LogP contribution in [0, 0.1) is 0 Å². The van der Waals surface area contributed by atoms with Crippen molar-refractivity contribution in [1.29, 1.82) is 0 Å². The van der Waals surface area contributed by atoms with Gasteiger partial charge < -0.3 is 0 Å². The van der Waals surface area contributed by atoms with Gasteiger partial charge in [0.05, 0.1) is 11.1 Å². The molecule has 2 rings (SSSR count). The fraction of sp³-hybridized carbons (Fsp3) is 0.167. The Morgan fingerprint density at radius 1 is 1.13 bits per heavy atom. The molecule has 1 aromatic carbocycles. The lowest BCUT2D eigenvalue weighted by molar-refractivity contribution is 0.0721. The molecule has 0 N–H and O–H groups in total. The maximum absolute atomic E-state index is 11.8. The van der Waals surface area contributed by atoms with Crippen LogP contribution in [-0.4, -0.2) is 16.7 Å². The monoisotopic (exact) mass is 201 g/mol. The maximum Gasteiger partial charge on any atom is 0.265 e. The molecular weight excluding hydrogens is 190 g/mol. The average molecular weight is 201 g/mol. The standard InChI is InChI=1S/C12H11NO2/c1-2-3-8-13-11(14)9-6-4-5-7-10(9)12(13)15/h3-8H,2H2,1H3/b8-3+. The normalized spacial score (nSPS) is 15.1. The second-order valence-corrected chi connectivity index (χ2v) is 3.32. The van der Waals surface area contributed by atoms with Gasteiger partial charge in [0.1, 0.15) is 0 Å². The molecule has 1 aromatic rings. The Hall–Kier alpha value is -1.90. The van der Waals surface area contributed by atoms with Crippen molar-refractivity contribution in [2.75, 3.05) is 0 Å². The lowest BCUT2D eigenvalue weighted by Gasteiger charge is -2.05. The molecule has 1 aliphatic heterocycles. The number of carbonyl (C=O) groups excluding carboxylic acids is 2. The number of rotatable bonds is 2. The number of nitrogens with zero attached hydrogens (tertiary/aromatic N) is 1. The highest BCUT2D eigenvalue weighted by atomic mass is 16.2. The van der Waals surface area contributed by atoms with Gasteiger partial charge in [-0.25, -0.2) is 4.90 Å². The number of benzene rings is 1. The van der Waals surface area contributed by atoms with E-state index in [4.69, 9.17) is 0 Å². The Balaban J connectivity index is 2.41. The summed E-state index contributed by atoms with van der Waals surface area (Å²) in [5.74, 6) is -0.472. The summed E-state index contributed by atoms with van der Waals surface area (Å²) in [6, 6.07) is 6.87. The summed E-state index contributed by atoms with van der Waals surface area (Å²) in [6.07, 6.45) is 4.14. The first-order valence-electron chi connectivity index (χ1n) is 4.89. The molecule has 3 nitrogen and oxygen atoms in total. The predicted octanol–water partition coefficient (Wildman–Crippen LogP) is 2.21. The fourth-order valence-corrected chi connectivity index (χ4v) is 1.55. The summed E-state index contributed by atoms with van der Waals surface area (Å²) in [5, 5.41) is 0. The third-order valence-corrected chi connectivity index (χ3v) is 2.32. The zero-order valence-corrected chi connectivity index (χ0v) is 8.43. The molecule has 0 spiro atoms. The Bertz CT molecular complexity index is 414. The highest BCUT2D eigenvalue weighted by Crippen LogP contribution is 2.22. The van der Waals surface area contributed by atoms with Crippen molar-refractivity contribution in [2.45, 2.75) is 13.3 Å². The highest BCUT2D eigenvalue weighted by molar-refractivity contribution is 6.21. The molecule has 3 heteroatoms. The van der Waals surface area contributed by atoms with E-state index < -0.39 is 0 Å². The molecule has 76 valence electrons. The van der Waals surface area contributed by atoms with Crippen molar-refractivity contribution < 1.29 is 9.59 Å². The smallest absolute Gasteiger partial charge is 0.265 e. The van der Waals surface area contributed by atoms with E-state index in [1.54, 1.807) is 36.5 Å². The minimum atomic E-state index is -0.236. The van der Waals surface area contributed by atoms with Crippen LogP contribution in [-0.2, 0) is 0 Å². The molecular formula is C12H11NO2. The van der Waals surface area contributed by atoms with E-state index in [1.165, 1.54) is 0 Å². The number of amides is 2. The van der Waals surface area contributed by atoms with Gasteiger partial charge in [0.25, 0.3) is 11.8 Å². The summed E-state index contributed by atoms with van der Waals surface area (Å²) < 4.78 is 0. The molecule has 0 fully saturated rings. The molecule has 0 saturated heterocycles. The van der Waals surface area contributed by atoms with Gasteiger partial charge in [-0.05, 0) is 18.6 Å². The molecule has 0 aromatic heterocycles. The molecule has 0 unspecified atom stereocenters. The lowest BCUT2D eigenvalue weighted by Crippen LogP contribution is -2.23. The van der Waals surface area contributed by atoms with E-state index in [-0.39, 0.29) is 11.8 Å². The average Bonchev–Trinajstić information content (AvgIpc) is 2.51. The Labute approximate surface area is 88.0 Å². The van der Waals surface area contributed by atoms with Gasteiger partial charge in [-0.15, -0.1) is 0 Å².